The number of nitrogens with one attached hydrogen (secondary N) is 2. The Morgan fingerprint density at radius 1 is 0.579 bits per heavy atom. The van der Waals surface area contributed by atoms with Gasteiger partial charge in [0.05, 0.1) is 35.6 Å². The lowest BCUT2D eigenvalue weighted by atomic mass is 10.0. The summed E-state index contributed by atoms with van der Waals surface area (Å²) in [5, 5.41) is 0. The van der Waals surface area contributed by atoms with E-state index < -0.39 is 11.2 Å². The van der Waals surface area contributed by atoms with Crippen molar-refractivity contribution in [3.05, 3.63) is 114 Å². The quantitative estimate of drug-likeness (QED) is 0.169. The van der Waals surface area contributed by atoms with Crippen LogP contribution in [0.1, 0.15) is 127 Å². The first kappa shape index (κ1) is 38.3. The number of anilines is 1. The highest BCUT2D eigenvalue weighted by atomic mass is 16.6. The van der Waals surface area contributed by atoms with Gasteiger partial charge in [-0.1, -0.05) is 66.7 Å². The van der Waals surface area contributed by atoms with Gasteiger partial charge in [0.1, 0.15) is 22.9 Å². The topological polar surface area (TPSA) is 120 Å². The van der Waals surface area contributed by atoms with Crippen LogP contribution in [0.3, 0.4) is 0 Å². The maximum atomic E-state index is 12.9. The summed E-state index contributed by atoms with van der Waals surface area (Å²) in [5.41, 5.74) is 6.44. The van der Waals surface area contributed by atoms with Gasteiger partial charge in [-0.15, -0.1) is 0 Å². The van der Waals surface area contributed by atoms with E-state index in [4.69, 9.17) is 19.4 Å². The van der Waals surface area contributed by atoms with Gasteiger partial charge in [-0.3, -0.25) is 9.80 Å². The number of carbonyl (C=O) groups excluding carboxylic acids is 2. The third kappa shape index (κ3) is 8.29. The average Bonchev–Trinajstić information content (AvgIpc) is 4.02. The number of ether oxygens (including phenoxy) is 2. The molecule has 0 saturated carbocycles. The molecule has 5 aromatic rings. The van der Waals surface area contributed by atoms with E-state index in [0.717, 1.165) is 72.7 Å². The van der Waals surface area contributed by atoms with Crippen LogP contribution in [0.2, 0.25) is 0 Å². The van der Waals surface area contributed by atoms with E-state index in [1.54, 1.807) is 9.80 Å². The molecule has 3 aromatic carbocycles. The summed E-state index contributed by atoms with van der Waals surface area (Å²) in [6.07, 6.45) is 8.89. The third-order valence-corrected chi connectivity index (χ3v) is 11.2. The minimum atomic E-state index is -0.544. The Labute approximate surface area is 335 Å². The molecule has 3 fully saturated rings. The Morgan fingerprint density at radius 2 is 1.00 bits per heavy atom. The third-order valence-electron chi connectivity index (χ3n) is 11.2. The first-order valence-electron chi connectivity index (χ1n) is 20.5. The lowest BCUT2D eigenvalue weighted by molar-refractivity contribution is 0.0208. The normalized spacial score (nSPS) is 21.3. The Kier molecular flexibility index (Phi) is 10.3. The molecule has 8 rings (SSSR count). The second-order valence-corrected chi connectivity index (χ2v) is 17.6. The molecule has 298 valence electrons. The van der Waals surface area contributed by atoms with Crippen LogP contribution in [0.15, 0.2) is 91.3 Å². The van der Waals surface area contributed by atoms with E-state index in [2.05, 4.69) is 93.7 Å². The summed E-state index contributed by atoms with van der Waals surface area (Å²) in [7, 11) is 0. The van der Waals surface area contributed by atoms with Crippen LogP contribution in [0.4, 0.5) is 15.3 Å². The van der Waals surface area contributed by atoms with Crippen LogP contribution in [-0.2, 0) is 9.47 Å². The van der Waals surface area contributed by atoms with Gasteiger partial charge in [-0.25, -0.2) is 19.6 Å². The van der Waals surface area contributed by atoms with Crippen LogP contribution in [-0.4, -0.2) is 66.2 Å². The van der Waals surface area contributed by atoms with E-state index in [1.165, 1.54) is 16.8 Å². The number of para-hydroxylation sites is 1. The molecule has 2 amide bonds. The maximum Gasteiger partial charge on any atom is 0.410 e. The number of aromatic nitrogens is 4. The molecule has 2 N–H and O–H groups in total. The van der Waals surface area contributed by atoms with Crippen molar-refractivity contribution in [2.45, 2.75) is 115 Å². The van der Waals surface area contributed by atoms with Crippen molar-refractivity contribution in [3.63, 3.8) is 0 Å². The van der Waals surface area contributed by atoms with Crippen molar-refractivity contribution in [2.75, 3.05) is 18.0 Å². The minimum absolute atomic E-state index is 0.123. The first-order chi connectivity index (χ1) is 27.3. The predicted octanol–water partition coefficient (Wildman–Crippen LogP) is 10.7. The zero-order valence-corrected chi connectivity index (χ0v) is 34.0. The van der Waals surface area contributed by atoms with Gasteiger partial charge in [0.2, 0.25) is 0 Å². The highest BCUT2D eigenvalue weighted by molar-refractivity contribution is 5.70. The van der Waals surface area contributed by atoms with Crippen molar-refractivity contribution in [3.8, 4) is 22.5 Å². The number of imidazole rings is 2. The predicted molar refractivity (Wildman–Crippen MR) is 222 cm³/mol. The fourth-order valence-electron chi connectivity index (χ4n) is 8.67. The van der Waals surface area contributed by atoms with Crippen molar-refractivity contribution in [1.82, 2.24) is 29.7 Å². The number of nitrogens with zero attached hydrogens (tertiary/aromatic N) is 5. The molecule has 3 aliphatic heterocycles. The van der Waals surface area contributed by atoms with Crippen molar-refractivity contribution in [1.29, 1.82) is 0 Å². The molecule has 11 nitrogen and oxygen atoms in total. The molecular weight excluding hydrogens is 715 g/mol. The smallest absolute Gasteiger partial charge is 0.410 e. The second-order valence-electron chi connectivity index (χ2n) is 17.6. The standard InChI is InChI=1S/C46H55N7O4/c1-45(2,3)56-43(54)51-26-10-14-39(51)41-47-28-35(49-41)30-16-20-32(21-17-30)37-24-25-38(53(37)34-12-8-7-9-13-34)33-22-18-31(19-23-33)36-29-48-42(50-36)40-15-11-27-52(40)44(55)57-46(4,5)6/h7-9,12-13,16-23,28-29,37-40H,10-11,14-15,24-27H2,1-6H3,(H,47,49)(H,48,50)/t37?,38?,39-,40-/m0/s1. The molecular formula is C46H55N7O4. The summed E-state index contributed by atoms with van der Waals surface area (Å²) in [4.78, 5) is 48.7. The van der Waals surface area contributed by atoms with Crippen molar-refractivity contribution in [2.24, 2.45) is 0 Å². The summed E-state index contributed by atoms with van der Waals surface area (Å²) >= 11 is 0. The largest absolute Gasteiger partial charge is 0.444 e. The Hall–Kier alpha value is -5.58. The highest BCUT2D eigenvalue weighted by Gasteiger charge is 2.38. The van der Waals surface area contributed by atoms with Gasteiger partial charge in [0, 0.05) is 42.3 Å². The molecule has 57 heavy (non-hydrogen) atoms. The molecule has 2 aromatic heterocycles. The molecule has 5 heterocycles. The summed E-state index contributed by atoms with van der Waals surface area (Å²) in [6, 6.07) is 28.5. The number of aromatic amines is 2. The molecule has 2 unspecified atom stereocenters. The summed E-state index contributed by atoms with van der Waals surface area (Å²) < 4.78 is 11.4. The van der Waals surface area contributed by atoms with Crippen LogP contribution >= 0.6 is 0 Å². The Morgan fingerprint density at radius 3 is 1.40 bits per heavy atom. The number of amides is 2. The molecule has 0 radical (unpaired) electrons. The van der Waals surface area contributed by atoms with Gasteiger partial charge in [0.15, 0.2) is 0 Å². The Balaban J connectivity index is 0.977. The summed E-state index contributed by atoms with van der Waals surface area (Å²) in [6.45, 7) is 12.7. The fourth-order valence-corrected chi connectivity index (χ4v) is 8.67. The number of benzene rings is 3. The Bertz CT molecular complexity index is 2030. The maximum absolute atomic E-state index is 12.9. The van der Waals surface area contributed by atoms with E-state index in [0.29, 0.717) is 13.1 Å². The molecule has 3 aliphatic rings. The van der Waals surface area contributed by atoms with Gasteiger partial charge < -0.3 is 24.3 Å². The van der Waals surface area contributed by atoms with Crippen molar-refractivity contribution < 1.29 is 19.1 Å². The molecule has 0 bridgehead atoms. The number of rotatable bonds is 7. The van der Waals surface area contributed by atoms with Crippen LogP contribution in [0.5, 0.6) is 0 Å². The monoisotopic (exact) mass is 769 g/mol. The lowest BCUT2D eigenvalue weighted by Crippen LogP contribution is -2.36. The van der Waals surface area contributed by atoms with E-state index in [-0.39, 0.29) is 36.4 Å². The number of H-pyrrole nitrogens is 2. The van der Waals surface area contributed by atoms with E-state index >= 15 is 0 Å². The number of hydrogen-bond acceptors (Lipinski definition) is 7. The van der Waals surface area contributed by atoms with Gasteiger partial charge >= 0.3 is 12.2 Å². The second kappa shape index (κ2) is 15.4. The SMILES string of the molecule is CC(C)(C)OC(=O)N1CCC[C@H]1c1nc(-c2ccc(C3CCC(c4ccc(-c5c[nH]c([C@@H]6CCCN6C(=O)OC(C)(C)C)n5)cc4)N3c3ccccc3)cc2)c[nH]1. The minimum Gasteiger partial charge on any atom is -0.444 e. The highest BCUT2D eigenvalue weighted by Crippen LogP contribution is 2.47. The van der Waals surface area contributed by atoms with E-state index in [9.17, 15) is 9.59 Å². The first-order valence-corrected chi connectivity index (χ1v) is 20.5. The van der Waals surface area contributed by atoms with Crippen LogP contribution in [0, 0.1) is 0 Å². The number of carbonyl (C=O) groups is 2. The molecule has 3 saturated heterocycles. The van der Waals surface area contributed by atoms with Crippen LogP contribution < -0.4 is 4.90 Å². The number of hydrogen-bond donors (Lipinski definition) is 2. The fraction of sp³-hybridized carbons (Fsp3) is 0.435. The van der Waals surface area contributed by atoms with Gasteiger partial charge in [-0.05, 0) is 103 Å². The lowest BCUT2D eigenvalue weighted by Gasteiger charge is -2.33. The number of likely N-dealkylation sites (tertiary alicyclic amines) is 2. The zero-order valence-electron chi connectivity index (χ0n) is 34.0. The van der Waals surface area contributed by atoms with Gasteiger partial charge in [-0.2, -0.15) is 0 Å². The summed E-state index contributed by atoms with van der Waals surface area (Å²) in [5.74, 6) is 1.59. The average molecular weight is 770 g/mol. The molecule has 4 atom stereocenters. The van der Waals surface area contributed by atoms with Crippen molar-refractivity contribution >= 4 is 17.9 Å². The zero-order chi connectivity index (χ0) is 39.9. The molecule has 0 aliphatic carbocycles. The van der Waals surface area contributed by atoms with E-state index in [1.807, 2.05) is 53.9 Å². The molecule has 11 heteroatoms. The molecule has 0 spiro atoms. The van der Waals surface area contributed by atoms with Crippen LogP contribution in [0.25, 0.3) is 22.5 Å². The van der Waals surface area contributed by atoms with Gasteiger partial charge in [0.25, 0.3) is 0 Å².